The van der Waals surface area contributed by atoms with Crippen LogP contribution in [0.3, 0.4) is 0 Å². The average Bonchev–Trinajstić information content (AvgIpc) is 2.51. The van der Waals surface area contributed by atoms with Gasteiger partial charge in [0.25, 0.3) is 5.69 Å². The van der Waals surface area contributed by atoms with E-state index in [0.717, 1.165) is 0 Å². The van der Waals surface area contributed by atoms with Crippen molar-refractivity contribution in [1.82, 2.24) is 10.2 Å². The van der Waals surface area contributed by atoms with Crippen LogP contribution in [0, 0.1) is 10.1 Å². The van der Waals surface area contributed by atoms with Crippen molar-refractivity contribution in [2.24, 2.45) is 0 Å². The molecule has 0 amide bonds. The third-order valence-corrected chi connectivity index (χ3v) is 4.40. The first-order valence-electron chi connectivity index (χ1n) is 6.55. The summed E-state index contributed by atoms with van der Waals surface area (Å²) in [5.41, 5.74) is 1.15. The van der Waals surface area contributed by atoms with E-state index in [4.69, 9.17) is 28.6 Å². The lowest BCUT2D eigenvalue weighted by molar-refractivity contribution is -0.384. The van der Waals surface area contributed by atoms with Gasteiger partial charge in [0, 0.05) is 35.5 Å². The largest absolute Gasteiger partial charge is 0.466 e. The summed E-state index contributed by atoms with van der Waals surface area (Å²) >= 11 is 11.4. The van der Waals surface area contributed by atoms with Gasteiger partial charge < -0.3 is 15.0 Å². The molecule has 0 radical (unpaired) electrons. The molecule has 0 spiro atoms. The number of nitrogens with one attached hydrogen (secondary N) is 1. The zero-order valence-corrected chi connectivity index (χ0v) is 14.2. The second kappa shape index (κ2) is 6.51. The third-order valence-electron chi connectivity index (χ3n) is 3.66. The van der Waals surface area contributed by atoms with Gasteiger partial charge in [0.1, 0.15) is 0 Å². The summed E-state index contributed by atoms with van der Waals surface area (Å²) in [4.78, 5) is 24.3. The van der Waals surface area contributed by atoms with Crippen LogP contribution in [-0.4, -0.2) is 35.1 Å². The van der Waals surface area contributed by atoms with Gasteiger partial charge in [-0.25, -0.2) is 4.79 Å². The van der Waals surface area contributed by atoms with E-state index in [-0.39, 0.29) is 10.7 Å². The van der Waals surface area contributed by atoms with Gasteiger partial charge in [-0.15, -0.1) is 0 Å². The Labute approximate surface area is 143 Å². The number of esters is 1. The van der Waals surface area contributed by atoms with Crippen molar-refractivity contribution in [3.05, 3.63) is 50.2 Å². The van der Waals surface area contributed by atoms with Gasteiger partial charge in [-0.1, -0.05) is 11.6 Å². The molecule has 0 aromatic heterocycles. The lowest BCUT2D eigenvalue weighted by Crippen LogP contribution is -2.46. The zero-order chi connectivity index (χ0) is 17.3. The number of methoxy groups -OCH3 is 1. The number of hydrogen-bond donors (Lipinski definition) is 1. The molecule has 23 heavy (non-hydrogen) atoms. The SMILES string of the molecule is COC(=O)C1=C(C)N(C)C(=S)NC1c1cc([N+](=O)[O-])ccc1Cl. The standard InChI is InChI=1S/C14H14ClN3O4S/c1-7-11(13(19)22-3)12(16-14(23)17(7)2)9-6-8(18(20)21)4-5-10(9)15/h4-6,12H,1-3H3,(H,16,23). The summed E-state index contributed by atoms with van der Waals surface area (Å²) < 4.78 is 4.83. The van der Waals surface area contributed by atoms with E-state index in [1.165, 1.54) is 25.3 Å². The Kier molecular flexibility index (Phi) is 4.86. The molecule has 1 aliphatic rings. The van der Waals surface area contributed by atoms with Crippen molar-refractivity contribution in [1.29, 1.82) is 0 Å². The Balaban J connectivity index is 2.64. The minimum atomic E-state index is -0.724. The summed E-state index contributed by atoms with van der Waals surface area (Å²) in [5.74, 6) is -0.558. The first-order chi connectivity index (χ1) is 10.8. The van der Waals surface area contributed by atoms with E-state index in [0.29, 0.717) is 21.9 Å². The average molecular weight is 356 g/mol. The van der Waals surface area contributed by atoms with Gasteiger partial charge >= 0.3 is 5.97 Å². The summed E-state index contributed by atoms with van der Waals surface area (Å²) in [7, 11) is 2.97. The molecule has 7 nitrogen and oxygen atoms in total. The van der Waals surface area contributed by atoms with Crippen LogP contribution in [-0.2, 0) is 9.53 Å². The highest BCUT2D eigenvalue weighted by Gasteiger charge is 2.34. The van der Waals surface area contributed by atoms with Crippen molar-refractivity contribution >= 4 is 40.6 Å². The van der Waals surface area contributed by atoms with Crippen LogP contribution in [0.2, 0.25) is 5.02 Å². The van der Waals surface area contributed by atoms with E-state index in [9.17, 15) is 14.9 Å². The number of halogens is 1. The highest BCUT2D eigenvalue weighted by Crippen LogP contribution is 2.36. The highest BCUT2D eigenvalue weighted by molar-refractivity contribution is 7.80. The molecule has 1 N–H and O–H groups in total. The van der Waals surface area contributed by atoms with Crippen molar-refractivity contribution in [3.8, 4) is 0 Å². The van der Waals surface area contributed by atoms with Crippen molar-refractivity contribution in [3.63, 3.8) is 0 Å². The number of benzene rings is 1. The van der Waals surface area contributed by atoms with Crippen LogP contribution in [0.1, 0.15) is 18.5 Å². The second-order valence-corrected chi connectivity index (χ2v) is 5.69. The normalized spacial score (nSPS) is 17.8. The topological polar surface area (TPSA) is 84.7 Å². The van der Waals surface area contributed by atoms with E-state index in [2.05, 4.69) is 5.32 Å². The third kappa shape index (κ3) is 3.13. The number of nitro benzene ring substituents is 1. The van der Waals surface area contributed by atoms with Crippen LogP contribution in [0.25, 0.3) is 0 Å². The molecule has 1 unspecified atom stereocenters. The molecule has 0 bridgehead atoms. The number of carbonyl (C=O) groups excluding carboxylic acids is 1. The fourth-order valence-corrected chi connectivity index (χ4v) is 2.79. The quantitative estimate of drug-likeness (QED) is 0.386. The van der Waals surface area contributed by atoms with Crippen LogP contribution in [0.15, 0.2) is 29.5 Å². The number of carbonyl (C=O) groups is 1. The summed E-state index contributed by atoms with van der Waals surface area (Å²) in [6.45, 7) is 1.72. The minimum Gasteiger partial charge on any atom is -0.466 e. The molecule has 9 heteroatoms. The fourth-order valence-electron chi connectivity index (χ4n) is 2.31. The van der Waals surface area contributed by atoms with Gasteiger partial charge in [0.05, 0.1) is 23.6 Å². The zero-order valence-electron chi connectivity index (χ0n) is 12.6. The Morgan fingerprint density at radius 2 is 2.17 bits per heavy atom. The van der Waals surface area contributed by atoms with Gasteiger partial charge in [-0.05, 0) is 25.2 Å². The molecule has 1 atom stereocenters. The Bertz CT molecular complexity index is 735. The Morgan fingerprint density at radius 1 is 1.52 bits per heavy atom. The van der Waals surface area contributed by atoms with Gasteiger partial charge in [-0.3, -0.25) is 10.1 Å². The molecular weight excluding hydrogens is 342 g/mol. The second-order valence-electron chi connectivity index (χ2n) is 4.90. The first-order valence-corrected chi connectivity index (χ1v) is 7.33. The maximum Gasteiger partial charge on any atom is 0.337 e. The van der Waals surface area contributed by atoms with E-state index in [1.807, 2.05) is 0 Å². The van der Waals surface area contributed by atoms with Crippen LogP contribution in [0.4, 0.5) is 5.69 Å². The highest BCUT2D eigenvalue weighted by atomic mass is 35.5. The molecule has 0 fully saturated rings. The number of allylic oxidation sites excluding steroid dienone is 1. The Morgan fingerprint density at radius 3 is 2.74 bits per heavy atom. The molecule has 0 aliphatic carbocycles. The molecular formula is C14H14ClN3O4S. The molecule has 122 valence electrons. The smallest absolute Gasteiger partial charge is 0.337 e. The van der Waals surface area contributed by atoms with Crippen molar-refractivity contribution < 1.29 is 14.5 Å². The minimum absolute atomic E-state index is 0.127. The summed E-state index contributed by atoms with van der Waals surface area (Å²) in [6, 6.07) is 3.32. The maximum atomic E-state index is 12.2. The molecule has 0 saturated carbocycles. The van der Waals surface area contributed by atoms with Gasteiger partial charge in [-0.2, -0.15) is 0 Å². The van der Waals surface area contributed by atoms with Gasteiger partial charge in [0.2, 0.25) is 0 Å². The predicted octanol–water partition coefficient (Wildman–Crippen LogP) is 2.56. The monoisotopic (exact) mass is 355 g/mol. The van der Waals surface area contributed by atoms with E-state index in [1.54, 1.807) is 18.9 Å². The number of rotatable bonds is 3. The molecule has 1 aliphatic heterocycles. The first kappa shape index (κ1) is 17.2. The number of hydrogen-bond acceptors (Lipinski definition) is 5. The molecule has 1 heterocycles. The molecule has 0 saturated heterocycles. The summed E-state index contributed by atoms with van der Waals surface area (Å²) in [5, 5.41) is 14.6. The number of thiocarbonyl (C=S) groups is 1. The number of nitro groups is 1. The van der Waals surface area contributed by atoms with Crippen molar-refractivity contribution in [2.45, 2.75) is 13.0 Å². The fraction of sp³-hybridized carbons (Fsp3) is 0.286. The van der Waals surface area contributed by atoms with Crippen LogP contribution >= 0.6 is 23.8 Å². The molecule has 1 aromatic rings. The van der Waals surface area contributed by atoms with Crippen LogP contribution < -0.4 is 5.32 Å². The van der Waals surface area contributed by atoms with E-state index < -0.39 is 16.9 Å². The maximum absolute atomic E-state index is 12.2. The van der Waals surface area contributed by atoms with Gasteiger partial charge in [0.15, 0.2) is 5.11 Å². The van der Waals surface area contributed by atoms with Crippen molar-refractivity contribution in [2.75, 3.05) is 14.2 Å². The molecule has 1 aromatic carbocycles. The predicted molar refractivity (Wildman–Crippen MR) is 89.1 cm³/mol. The number of ether oxygens (including phenoxy) is 1. The van der Waals surface area contributed by atoms with E-state index >= 15 is 0 Å². The van der Waals surface area contributed by atoms with Crippen LogP contribution in [0.5, 0.6) is 0 Å². The number of nitrogens with zero attached hydrogens (tertiary/aromatic N) is 2. The molecule has 2 rings (SSSR count). The lowest BCUT2D eigenvalue weighted by atomic mass is 9.94. The number of non-ortho nitro benzene ring substituents is 1. The summed E-state index contributed by atoms with van der Waals surface area (Å²) in [6.07, 6.45) is 0. The Hall–Kier alpha value is -2.19. The lowest BCUT2D eigenvalue weighted by Gasteiger charge is -2.35.